The number of anilines is 1. The number of carbonyl (C=O) groups excluding carboxylic acids is 1. The summed E-state index contributed by atoms with van der Waals surface area (Å²) in [7, 11) is 0. The van der Waals surface area contributed by atoms with Crippen LogP contribution in [0.4, 0.5) is 41.2 Å². The number of benzene rings is 2. The van der Waals surface area contributed by atoms with Gasteiger partial charge in [-0.3, -0.25) is 9.69 Å². The third-order valence-electron chi connectivity index (χ3n) is 5.85. The zero-order valence-corrected chi connectivity index (χ0v) is 18.6. The molecule has 0 fully saturated rings. The Bertz CT molecular complexity index is 1110. The molecule has 0 aromatic heterocycles. The number of alkyl halides is 6. The smallest absolute Gasteiger partial charge is 0.416 e. The van der Waals surface area contributed by atoms with Gasteiger partial charge in [0.2, 0.25) is 5.91 Å². The minimum atomic E-state index is -5.07. The maximum absolute atomic E-state index is 15.3. The fraction of sp³-hybridized carbons (Fsp3) is 0.391. The highest BCUT2D eigenvalue weighted by Gasteiger charge is 2.38. The Kier molecular flexibility index (Phi) is 7.05. The number of carbonyl (C=O) groups is 2. The Morgan fingerprint density at radius 3 is 2.11 bits per heavy atom. The summed E-state index contributed by atoms with van der Waals surface area (Å²) in [6.45, 7) is 1.77. The van der Waals surface area contributed by atoms with E-state index in [1.54, 1.807) is 0 Å². The number of carboxylic acid groups (broad SMARTS) is 1. The molecule has 12 heteroatoms. The Balaban J connectivity index is 2.15. The molecule has 0 saturated carbocycles. The van der Waals surface area contributed by atoms with Crippen LogP contribution in [0, 0.1) is 12.7 Å². The minimum Gasteiger partial charge on any atom is -0.465 e. The molecule has 2 aromatic rings. The van der Waals surface area contributed by atoms with E-state index in [9.17, 15) is 41.0 Å². The number of rotatable bonds is 3. The summed E-state index contributed by atoms with van der Waals surface area (Å²) < 4.78 is 95.1. The van der Waals surface area contributed by atoms with Crippen LogP contribution in [0.3, 0.4) is 0 Å². The first-order valence-electron chi connectivity index (χ1n) is 10.5. The highest BCUT2D eigenvalue weighted by Crippen LogP contribution is 2.41. The van der Waals surface area contributed by atoms with Crippen molar-refractivity contribution in [1.82, 2.24) is 4.90 Å². The topological polar surface area (TPSA) is 60.9 Å². The fourth-order valence-corrected chi connectivity index (χ4v) is 4.21. The lowest BCUT2D eigenvalue weighted by molar-refractivity contribution is -0.143. The lowest BCUT2D eigenvalue weighted by Crippen LogP contribution is -2.34. The standard InChI is InChI=1S/C23H21F7N2O3/c1-12-5-6-18-19(20(12)24)17(4-3-7-31(18)21(34)35)32(13(2)33)11-14-8-15(22(25,26)27)10-16(9-14)23(28,29)30/h5-6,8-10,17H,3-4,7,11H2,1-2H3,(H,34,35). The van der Waals surface area contributed by atoms with Gasteiger partial charge in [-0.25, -0.2) is 9.18 Å². The third-order valence-corrected chi connectivity index (χ3v) is 5.85. The molecule has 0 spiro atoms. The van der Waals surface area contributed by atoms with Crippen LogP contribution in [0.2, 0.25) is 0 Å². The van der Waals surface area contributed by atoms with Gasteiger partial charge in [0.25, 0.3) is 0 Å². The van der Waals surface area contributed by atoms with Crippen molar-refractivity contribution in [3.63, 3.8) is 0 Å². The molecule has 5 nitrogen and oxygen atoms in total. The molecule has 1 aliphatic heterocycles. The van der Waals surface area contributed by atoms with Crippen LogP contribution in [-0.2, 0) is 23.7 Å². The molecule has 3 rings (SSSR count). The Hall–Kier alpha value is -3.31. The van der Waals surface area contributed by atoms with E-state index in [0.29, 0.717) is 12.1 Å². The average Bonchev–Trinajstić information content (AvgIpc) is 2.93. The first-order valence-corrected chi connectivity index (χ1v) is 10.5. The second kappa shape index (κ2) is 9.38. The molecule has 1 heterocycles. The van der Waals surface area contributed by atoms with Gasteiger partial charge in [-0.2, -0.15) is 26.3 Å². The molecule has 1 atom stereocenters. The van der Waals surface area contributed by atoms with Gasteiger partial charge in [-0.05, 0) is 55.2 Å². The molecule has 0 radical (unpaired) electrons. The van der Waals surface area contributed by atoms with Gasteiger partial charge < -0.3 is 10.0 Å². The zero-order chi connectivity index (χ0) is 26.3. The van der Waals surface area contributed by atoms with Crippen molar-refractivity contribution in [3.05, 3.63) is 64.0 Å². The van der Waals surface area contributed by atoms with Gasteiger partial charge in [-0.15, -0.1) is 0 Å². The van der Waals surface area contributed by atoms with E-state index in [-0.39, 0.29) is 42.3 Å². The predicted octanol–water partition coefficient (Wildman–Crippen LogP) is 6.54. The van der Waals surface area contributed by atoms with Crippen LogP contribution >= 0.6 is 0 Å². The number of hydrogen-bond acceptors (Lipinski definition) is 2. The Labute approximate surface area is 195 Å². The number of aryl methyl sites for hydroxylation is 1. The summed E-state index contributed by atoms with van der Waals surface area (Å²) in [5.74, 6) is -1.52. The molecule has 2 amide bonds. The van der Waals surface area contributed by atoms with Crippen molar-refractivity contribution < 1.29 is 45.4 Å². The number of nitrogens with zero attached hydrogens (tertiary/aromatic N) is 2. The minimum absolute atomic E-state index is 0.0175. The molecule has 2 aromatic carbocycles. The molecule has 1 N–H and O–H groups in total. The summed E-state index contributed by atoms with van der Waals surface area (Å²) in [6.07, 6.45) is -11.3. The Morgan fingerprint density at radius 1 is 1.06 bits per heavy atom. The third kappa shape index (κ3) is 5.51. The molecule has 0 saturated heterocycles. The molecular formula is C23H21F7N2O3. The molecule has 0 aliphatic carbocycles. The summed E-state index contributed by atoms with van der Waals surface area (Å²) >= 11 is 0. The van der Waals surface area contributed by atoms with Gasteiger partial charge in [-0.1, -0.05) is 6.07 Å². The fourth-order valence-electron chi connectivity index (χ4n) is 4.21. The molecule has 1 unspecified atom stereocenters. The summed E-state index contributed by atoms with van der Waals surface area (Å²) in [5, 5.41) is 9.56. The number of hydrogen-bond donors (Lipinski definition) is 1. The summed E-state index contributed by atoms with van der Waals surface area (Å²) in [5.41, 5.74) is -3.56. The monoisotopic (exact) mass is 506 g/mol. The van der Waals surface area contributed by atoms with Crippen molar-refractivity contribution in [2.24, 2.45) is 0 Å². The Morgan fingerprint density at radius 2 is 1.63 bits per heavy atom. The predicted molar refractivity (Wildman–Crippen MR) is 111 cm³/mol. The van der Waals surface area contributed by atoms with Crippen molar-refractivity contribution in [2.45, 2.75) is 51.6 Å². The van der Waals surface area contributed by atoms with Gasteiger partial charge in [0.1, 0.15) is 5.82 Å². The van der Waals surface area contributed by atoms with E-state index < -0.39 is 59.4 Å². The van der Waals surface area contributed by atoms with Gasteiger partial charge in [0.15, 0.2) is 0 Å². The maximum Gasteiger partial charge on any atom is 0.416 e. The van der Waals surface area contributed by atoms with Crippen molar-refractivity contribution in [1.29, 1.82) is 0 Å². The van der Waals surface area contributed by atoms with Crippen molar-refractivity contribution in [3.8, 4) is 0 Å². The highest BCUT2D eigenvalue weighted by atomic mass is 19.4. The molecular weight excluding hydrogens is 485 g/mol. The lowest BCUT2D eigenvalue weighted by Gasteiger charge is -2.33. The highest BCUT2D eigenvalue weighted by molar-refractivity contribution is 5.88. The zero-order valence-electron chi connectivity index (χ0n) is 18.6. The first-order chi connectivity index (χ1) is 16.1. The number of fused-ring (bicyclic) bond motifs is 1. The van der Waals surface area contributed by atoms with Crippen LogP contribution in [0.25, 0.3) is 0 Å². The van der Waals surface area contributed by atoms with E-state index in [4.69, 9.17) is 0 Å². The second-order valence-electron chi connectivity index (χ2n) is 8.28. The van der Waals surface area contributed by atoms with Crippen LogP contribution in [0.5, 0.6) is 0 Å². The summed E-state index contributed by atoms with van der Waals surface area (Å²) in [6, 6.07) is 2.61. The van der Waals surface area contributed by atoms with E-state index in [1.165, 1.54) is 19.1 Å². The van der Waals surface area contributed by atoms with E-state index in [0.717, 1.165) is 16.7 Å². The normalized spacial score (nSPS) is 16.5. The largest absolute Gasteiger partial charge is 0.465 e. The van der Waals surface area contributed by atoms with Crippen LogP contribution in [0.15, 0.2) is 30.3 Å². The SMILES string of the molecule is CC(=O)N(Cc1cc(C(F)(F)F)cc(C(F)(F)F)c1)C1CCCN(C(=O)O)c2ccc(C)c(F)c21. The lowest BCUT2D eigenvalue weighted by atomic mass is 9.96. The van der Waals surface area contributed by atoms with E-state index in [1.807, 2.05) is 0 Å². The molecule has 190 valence electrons. The number of halogens is 7. The van der Waals surface area contributed by atoms with Crippen LogP contribution in [0.1, 0.15) is 53.6 Å². The van der Waals surface area contributed by atoms with E-state index >= 15 is 4.39 Å². The quantitative estimate of drug-likeness (QED) is 0.481. The maximum atomic E-state index is 15.3. The molecule has 35 heavy (non-hydrogen) atoms. The van der Waals surface area contributed by atoms with Crippen molar-refractivity contribution in [2.75, 3.05) is 11.4 Å². The van der Waals surface area contributed by atoms with Gasteiger partial charge in [0.05, 0.1) is 22.9 Å². The average molecular weight is 506 g/mol. The number of amides is 2. The summed E-state index contributed by atoms with van der Waals surface area (Å²) in [4.78, 5) is 26.2. The molecule has 0 bridgehead atoms. The molecule has 1 aliphatic rings. The second-order valence-corrected chi connectivity index (χ2v) is 8.28. The van der Waals surface area contributed by atoms with Crippen molar-refractivity contribution >= 4 is 17.7 Å². The van der Waals surface area contributed by atoms with Gasteiger partial charge >= 0.3 is 18.4 Å². The van der Waals surface area contributed by atoms with Crippen LogP contribution < -0.4 is 4.90 Å². The van der Waals surface area contributed by atoms with E-state index in [2.05, 4.69) is 0 Å². The van der Waals surface area contributed by atoms with Crippen LogP contribution in [-0.4, -0.2) is 28.6 Å². The van der Waals surface area contributed by atoms with Gasteiger partial charge in [0, 0.05) is 25.6 Å². The first kappa shape index (κ1) is 26.3.